The summed E-state index contributed by atoms with van der Waals surface area (Å²) in [7, 11) is 0. The van der Waals surface area contributed by atoms with Crippen molar-refractivity contribution in [2.24, 2.45) is 0 Å². The van der Waals surface area contributed by atoms with Crippen LogP contribution in [0.3, 0.4) is 0 Å². The molecule has 0 saturated carbocycles. The molecule has 12 heteroatoms. The molecule has 4 nitrogen and oxygen atoms in total. The molecule has 2 heterocycles. The molecule has 0 spiro atoms. The average Bonchev–Trinajstić information content (AvgIpc) is 2.54. The Morgan fingerprint density at radius 2 is 0.875 bits per heavy atom. The Balaban J connectivity index is 2.47. The molecule has 0 atom stereocenters. The molecule has 0 radical (unpaired) electrons. The molecule has 0 aromatic heterocycles. The number of rotatable bonds is 4. The maximum absolute atomic E-state index is 15.4. The summed E-state index contributed by atoms with van der Waals surface area (Å²) in [6, 6.07) is 0. The molecule has 0 amide bonds. The zero-order valence-corrected chi connectivity index (χ0v) is 12.4. The first-order valence-electron chi connectivity index (χ1n) is 7.13. The maximum Gasteiger partial charge on any atom is 0.460 e. The first kappa shape index (κ1) is 19.6. The molecule has 0 N–H and O–H groups in total. The summed E-state index contributed by atoms with van der Waals surface area (Å²) in [5, 5.41) is 0. The van der Waals surface area contributed by atoms with E-state index in [0.717, 1.165) is 0 Å². The van der Waals surface area contributed by atoms with E-state index in [1.54, 1.807) is 0 Å². The van der Waals surface area contributed by atoms with Gasteiger partial charge < -0.3 is 9.47 Å². The van der Waals surface area contributed by atoms with Gasteiger partial charge in [-0.3, -0.25) is 0 Å². The van der Waals surface area contributed by atoms with Gasteiger partial charge >= 0.3 is 18.0 Å². The van der Waals surface area contributed by atoms with Gasteiger partial charge in [-0.1, -0.05) is 0 Å². The van der Waals surface area contributed by atoms with Crippen LogP contribution in [0.1, 0.15) is 0 Å². The van der Waals surface area contributed by atoms with Gasteiger partial charge in [-0.15, -0.1) is 0 Å². The summed E-state index contributed by atoms with van der Waals surface area (Å²) in [6.45, 7) is -3.22. The molecule has 0 aromatic carbocycles. The maximum atomic E-state index is 15.4. The summed E-state index contributed by atoms with van der Waals surface area (Å²) in [4.78, 5) is 0.558. The Bertz CT molecular complexity index is 415. The fraction of sp³-hybridized carbons (Fsp3) is 1.00. The first-order valence-corrected chi connectivity index (χ1v) is 7.13. The fourth-order valence-electron chi connectivity index (χ4n) is 2.69. The highest BCUT2D eigenvalue weighted by molar-refractivity contribution is 5.05. The van der Waals surface area contributed by atoms with Crippen LogP contribution in [0.25, 0.3) is 0 Å². The van der Waals surface area contributed by atoms with E-state index in [1.807, 2.05) is 0 Å². The minimum Gasteiger partial charge on any atom is -0.379 e. The Morgan fingerprint density at radius 3 is 1.17 bits per heavy atom. The molecular formula is C12H16F8N2O2. The zero-order valence-electron chi connectivity index (χ0n) is 12.4. The molecular weight excluding hydrogens is 356 g/mol. The van der Waals surface area contributed by atoms with Crippen LogP contribution in [0.15, 0.2) is 0 Å². The van der Waals surface area contributed by atoms with Gasteiger partial charge in [-0.25, -0.2) is 14.2 Å². The van der Waals surface area contributed by atoms with Crippen molar-refractivity contribution in [3.63, 3.8) is 0 Å². The highest BCUT2D eigenvalue weighted by Crippen LogP contribution is 2.54. The normalized spacial score (nSPS) is 23.5. The third-order valence-corrected chi connectivity index (χ3v) is 4.01. The standard InChI is InChI=1S/C12H16F8N2O2/c13-9(14,11(17,18)19)10(15,16)12(20,21-1-5-23-6-2-21)22-3-7-24-8-4-22/h1-8H2. The molecule has 2 aliphatic rings. The van der Waals surface area contributed by atoms with E-state index in [2.05, 4.69) is 0 Å². The Morgan fingerprint density at radius 1 is 0.542 bits per heavy atom. The van der Waals surface area contributed by atoms with Gasteiger partial charge in [0.1, 0.15) is 0 Å². The lowest BCUT2D eigenvalue weighted by Gasteiger charge is -2.51. The predicted octanol–water partition coefficient (Wildman–Crippen LogP) is 2.11. The molecule has 142 valence electrons. The van der Waals surface area contributed by atoms with E-state index in [9.17, 15) is 30.7 Å². The molecule has 2 saturated heterocycles. The van der Waals surface area contributed by atoms with Crippen LogP contribution in [0.2, 0.25) is 0 Å². The van der Waals surface area contributed by atoms with E-state index >= 15 is 4.39 Å². The topological polar surface area (TPSA) is 24.9 Å². The van der Waals surface area contributed by atoms with Gasteiger partial charge in [-0.2, -0.15) is 30.7 Å². The van der Waals surface area contributed by atoms with Crippen molar-refractivity contribution in [3.05, 3.63) is 0 Å². The van der Waals surface area contributed by atoms with Crippen LogP contribution in [0.4, 0.5) is 35.1 Å². The summed E-state index contributed by atoms with van der Waals surface area (Å²) in [6.07, 6.45) is -6.60. The molecule has 24 heavy (non-hydrogen) atoms. The number of alkyl halides is 8. The number of morpholine rings is 2. The molecule has 2 rings (SSSR count). The summed E-state index contributed by atoms with van der Waals surface area (Å²) in [5.41, 5.74) is 0. The number of hydrogen-bond acceptors (Lipinski definition) is 4. The van der Waals surface area contributed by atoms with E-state index in [0.29, 0.717) is 0 Å². The summed E-state index contributed by atoms with van der Waals surface area (Å²) in [5.74, 6) is -16.9. The van der Waals surface area contributed by atoms with Crippen LogP contribution in [0.5, 0.6) is 0 Å². The van der Waals surface area contributed by atoms with E-state index in [-0.39, 0.29) is 36.2 Å². The number of halogens is 8. The Kier molecular flexibility index (Phi) is 5.34. The lowest BCUT2D eigenvalue weighted by Crippen LogP contribution is -2.76. The SMILES string of the molecule is FC(F)(F)C(F)(F)C(F)(F)C(F)(N1CCOCC1)N1CCOCC1. The quantitative estimate of drug-likeness (QED) is 0.558. The number of ether oxygens (including phenoxy) is 2. The molecule has 0 unspecified atom stereocenters. The number of nitrogens with zero attached hydrogens (tertiary/aromatic N) is 2. The lowest BCUT2D eigenvalue weighted by molar-refractivity contribution is -0.421. The van der Waals surface area contributed by atoms with Gasteiger partial charge in [0.15, 0.2) is 0 Å². The smallest absolute Gasteiger partial charge is 0.379 e. The van der Waals surface area contributed by atoms with Gasteiger partial charge in [0.2, 0.25) is 0 Å². The molecule has 0 aromatic rings. The van der Waals surface area contributed by atoms with Gasteiger partial charge in [0.25, 0.3) is 5.92 Å². The third-order valence-electron chi connectivity index (χ3n) is 4.01. The zero-order chi connectivity index (χ0) is 18.2. The van der Waals surface area contributed by atoms with Gasteiger partial charge in [-0.05, 0) is 0 Å². The lowest BCUT2D eigenvalue weighted by atomic mass is 10.0. The molecule has 2 fully saturated rings. The second-order valence-corrected chi connectivity index (χ2v) is 5.43. The Labute approximate surface area is 132 Å². The summed E-state index contributed by atoms with van der Waals surface area (Å²) >= 11 is 0. The van der Waals surface area contributed by atoms with Crippen molar-refractivity contribution in [1.82, 2.24) is 9.80 Å². The highest BCUT2D eigenvalue weighted by Gasteiger charge is 2.83. The van der Waals surface area contributed by atoms with Crippen molar-refractivity contribution in [2.75, 3.05) is 52.6 Å². The van der Waals surface area contributed by atoms with Crippen molar-refractivity contribution in [2.45, 2.75) is 23.9 Å². The summed E-state index contributed by atoms with van der Waals surface area (Å²) < 4.78 is 118. The van der Waals surface area contributed by atoms with Crippen molar-refractivity contribution >= 4 is 0 Å². The molecule has 0 bridgehead atoms. The van der Waals surface area contributed by atoms with Crippen LogP contribution in [-0.2, 0) is 9.47 Å². The van der Waals surface area contributed by atoms with Crippen LogP contribution in [0, 0.1) is 0 Å². The second-order valence-electron chi connectivity index (χ2n) is 5.43. The molecule has 0 aliphatic carbocycles. The van der Waals surface area contributed by atoms with Crippen LogP contribution in [-0.4, -0.2) is 86.3 Å². The van der Waals surface area contributed by atoms with Crippen molar-refractivity contribution in [1.29, 1.82) is 0 Å². The Hall–Kier alpha value is -0.720. The highest BCUT2D eigenvalue weighted by atomic mass is 19.4. The predicted molar refractivity (Wildman–Crippen MR) is 64.6 cm³/mol. The van der Waals surface area contributed by atoms with Gasteiger partial charge in [0.05, 0.1) is 26.4 Å². The largest absolute Gasteiger partial charge is 0.460 e. The van der Waals surface area contributed by atoms with Crippen LogP contribution >= 0.6 is 0 Å². The fourth-order valence-corrected chi connectivity index (χ4v) is 2.69. The second kappa shape index (κ2) is 6.54. The third kappa shape index (κ3) is 2.97. The van der Waals surface area contributed by atoms with Crippen molar-refractivity contribution < 1.29 is 44.6 Å². The monoisotopic (exact) mass is 372 g/mol. The van der Waals surface area contributed by atoms with E-state index < -0.39 is 50.1 Å². The molecule has 2 aliphatic heterocycles. The number of hydrogen-bond donors (Lipinski definition) is 0. The minimum atomic E-state index is -6.60. The first-order chi connectivity index (χ1) is 11.0. The van der Waals surface area contributed by atoms with E-state index in [1.165, 1.54) is 0 Å². The van der Waals surface area contributed by atoms with Gasteiger partial charge in [0, 0.05) is 26.2 Å². The van der Waals surface area contributed by atoms with E-state index in [4.69, 9.17) is 9.47 Å². The average molecular weight is 372 g/mol. The van der Waals surface area contributed by atoms with Crippen LogP contribution < -0.4 is 0 Å². The minimum absolute atomic E-state index is 0.260. The van der Waals surface area contributed by atoms with Crippen molar-refractivity contribution in [3.8, 4) is 0 Å².